The number of ether oxygens (including phenoxy) is 1. The van der Waals surface area contributed by atoms with Gasteiger partial charge >= 0.3 is 16.2 Å². The van der Waals surface area contributed by atoms with Crippen LogP contribution in [0.3, 0.4) is 0 Å². The molecule has 0 aromatic carbocycles. The first-order valence-corrected chi connectivity index (χ1v) is 7.48. The lowest BCUT2D eigenvalue weighted by Crippen LogP contribution is -2.38. The van der Waals surface area contributed by atoms with Crippen molar-refractivity contribution in [2.24, 2.45) is 11.3 Å². The van der Waals surface area contributed by atoms with Gasteiger partial charge in [-0.1, -0.05) is 19.8 Å². The third kappa shape index (κ3) is 2.78. The summed E-state index contributed by atoms with van der Waals surface area (Å²) in [4.78, 5) is 11.4. The van der Waals surface area contributed by atoms with E-state index in [-0.39, 0.29) is 6.42 Å². The number of halogens is 1. The largest absolute Gasteiger partial charge is 0.461 e. The van der Waals surface area contributed by atoms with E-state index < -0.39 is 33.5 Å². The Morgan fingerprint density at radius 2 is 2.00 bits per heavy atom. The molecule has 2 fully saturated rings. The zero-order valence-electron chi connectivity index (χ0n) is 9.82. The Balaban J connectivity index is 2.16. The quantitative estimate of drug-likeness (QED) is 0.563. The number of carbonyl (C=O) groups excluding carboxylic acids is 1. The second kappa shape index (κ2) is 4.23. The van der Waals surface area contributed by atoms with Gasteiger partial charge in [0.05, 0.1) is 6.42 Å². The van der Waals surface area contributed by atoms with Crippen molar-refractivity contribution < 1.29 is 21.8 Å². The van der Waals surface area contributed by atoms with Crippen molar-refractivity contribution in [3.63, 3.8) is 0 Å². The molecule has 1 saturated carbocycles. The molecule has 0 amide bonds. The second-order valence-electron chi connectivity index (χ2n) is 5.41. The summed E-state index contributed by atoms with van der Waals surface area (Å²) >= 11 is 0. The molecular formula is C11H17FO4S. The van der Waals surface area contributed by atoms with Crippen molar-refractivity contribution in [2.45, 2.75) is 45.1 Å². The van der Waals surface area contributed by atoms with Gasteiger partial charge < -0.3 is 4.74 Å². The first-order valence-electron chi connectivity index (χ1n) is 5.93. The van der Waals surface area contributed by atoms with Gasteiger partial charge in [-0.3, -0.25) is 4.79 Å². The Hall–Kier alpha value is -0.650. The summed E-state index contributed by atoms with van der Waals surface area (Å²) in [6, 6.07) is 0. The third-order valence-corrected chi connectivity index (χ3v) is 4.77. The van der Waals surface area contributed by atoms with Gasteiger partial charge in [0.2, 0.25) is 0 Å². The maximum atomic E-state index is 12.8. The Kier molecular flexibility index (Phi) is 3.18. The molecule has 0 radical (unpaired) electrons. The van der Waals surface area contributed by atoms with Crippen molar-refractivity contribution in [3.05, 3.63) is 0 Å². The molecule has 0 N–H and O–H groups in total. The third-order valence-electron chi connectivity index (χ3n) is 4.07. The summed E-state index contributed by atoms with van der Waals surface area (Å²) in [5.74, 6) is -0.500. The van der Waals surface area contributed by atoms with Gasteiger partial charge in [-0.2, -0.15) is 8.42 Å². The molecule has 1 atom stereocenters. The zero-order valence-corrected chi connectivity index (χ0v) is 10.6. The number of rotatable bonds is 2. The van der Waals surface area contributed by atoms with Gasteiger partial charge in [0.15, 0.2) is 0 Å². The number of hydrogen-bond donors (Lipinski definition) is 0. The van der Waals surface area contributed by atoms with Gasteiger partial charge in [-0.05, 0) is 18.8 Å². The normalized spacial score (nSPS) is 38.4. The number of carbonyl (C=O) groups is 1. The number of esters is 1. The van der Waals surface area contributed by atoms with Crippen LogP contribution in [0.1, 0.15) is 39.0 Å². The molecular weight excluding hydrogens is 247 g/mol. The SMILES string of the molecule is CC1CCC2(CC1)CC(=O)OC2CS(=O)(=O)F. The summed E-state index contributed by atoms with van der Waals surface area (Å²) in [6.45, 7) is 2.13. The van der Waals surface area contributed by atoms with Crippen molar-refractivity contribution >= 4 is 16.2 Å². The predicted octanol–water partition coefficient (Wildman–Crippen LogP) is 1.80. The van der Waals surface area contributed by atoms with Crippen molar-refractivity contribution in [1.82, 2.24) is 0 Å². The van der Waals surface area contributed by atoms with Crippen LogP contribution in [-0.2, 0) is 19.8 Å². The predicted molar refractivity (Wildman–Crippen MR) is 59.5 cm³/mol. The molecule has 98 valence electrons. The van der Waals surface area contributed by atoms with Crippen molar-refractivity contribution in [2.75, 3.05) is 5.75 Å². The van der Waals surface area contributed by atoms with Crippen LogP contribution < -0.4 is 0 Å². The summed E-state index contributed by atoms with van der Waals surface area (Å²) in [5, 5.41) is 0. The highest BCUT2D eigenvalue weighted by atomic mass is 32.3. The van der Waals surface area contributed by atoms with E-state index in [0.717, 1.165) is 25.7 Å². The summed E-state index contributed by atoms with van der Waals surface area (Å²) < 4.78 is 39.2. The van der Waals surface area contributed by atoms with Crippen LogP contribution in [0.4, 0.5) is 3.89 Å². The molecule has 4 nitrogen and oxygen atoms in total. The van der Waals surface area contributed by atoms with E-state index in [2.05, 4.69) is 6.92 Å². The number of cyclic esters (lactones) is 1. The Morgan fingerprint density at radius 3 is 2.53 bits per heavy atom. The van der Waals surface area contributed by atoms with Crippen LogP contribution in [0.2, 0.25) is 0 Å². The van der Waals surface area contributed by atoms with E-state index in [9.17, 15) is 17.1 Å². The van der Waals surface area contributed by atoms with E-state index in [4.69, 9.17) is 4.74 Å². The fourth-order valence-electron chi connectivity index (χ4n) is 2.95. The molecule has 1 spiro atoms. The fourth-order valence-corrected chi connectivity index (χ4v) is 3.74. The van der Waals surface area contributed by atoms with E-state index in [1.807, 2.05) is 0 Å². The minimum absolute atomic E-state index is 0.236. The molecule has 1 aliphatic heterocycles. The summed E-state index contributed by atoms with van der Waals surface area (Å²) in [7, 11) is -4.60. The zero-order chi connectivity index (χ0) is 12.7. The molecule has 1 heterocycles. The molecule has 1 aliphatic carbocycles. The smallest absolute Gasteiger partial charge is 0.306 e. The molecule has 0 bridgehead atoms. The Bertz CT molecular complexity index is 409. The molecule has 6 heteroatoms. The lowest BCUT2D eigenvalue weighted by atomic mass is 9.67. The van der Waals surface area contributed by atoms with Gasteiger partial charge in [0, 0.05) is 5.41 Å². The maximum absolute atomic E-state index is 12.8. The first kappa shape index (κ1) is 12.8. The van der Waals surface area contributed by atoms with Crippen LogP contribution in [0.15, 0.2) is 0 Å². The molecule has 17 heavy (non-hydrogen) atoms. The standard InChI is InChI=1S/C11H17FO4S/c1-8-2-4-11(5-3-8)6-10(13)16-9(11)7-17(12,14)15/h8-9H,2-7H2,1H3. The topological polar surface area (TPSA) is 60.4 Å². The van der Waals surface area contributed by atoms with Gasteiger partial charge in [-0.25, -0.2) is 0 Å². The van der Waals surface area contributed by atoms with E-state index in [0.29, 0.717) is 5.92 Å². The van der Waals surface area contributed by atoms with Gasteiger partial charge in [0.25, 0.3) is 0 Å². The van der Waals surface area contributed by atoms with Gasteiger partial charge in [-0.15, -0.1) is 3.89 Å². The van der Waals surface area contributed by atoms with E-state index >= 15 is 0 Å². The lowest BCUT2D eigenvalue weighted by Gasteiger charge is -2.37. The van der Waals surface area contributed by atoms with Crippen LogP contribution in [0, 0.1) is 11.3 Å². The summed E-state index contributed by atoms with van der Waals surface area (Å²) in [6.07, 6.45) is 2.83. The molecule has 1 unspecified atom stereocenters. The highest BCUT2D eigenvalue weighted by Crippen LogP contribution is 2.49. The van der Waals surface area contributed by atoms with Crippen LogP contribution in [0.5, 0.6) is 0 Å². The Morgan fingerprint density at radius 1 is 1.41 bits per heavy atom. The average molecular weight is 264 g/mol. The molecule has 2 rings (SSSR count). The Labute approximate surface area is 101 Å². The number of hydrogen-bond acceptors (Lipinski definition) is 4. The lowest BCUT2D eigenvalue weighted by molar-refractivity contribution is -0.141. The monoisotopic (exact) mass is 264 g/mol. The average Bonchev–Trinajstić information content (AvgIpc) is 2.46. The second-order valence-corrected chi connectivity index (χ2v) is 6.82. The maximum Gasteiger partial charge on any atom is 0.306 e. The minimum Gasteiger partial charge on any atom is -0.461 e. The van der Waals surface area contributed by atoms with Crippen LogP contribution in [0.25, 0.3) is 0 Å². The van der Waals surface area contributed by atoms with Gasteiger partial charge in [0.1, 0.15) is 11.9 Å². The van der Waals surface area contributed by atoms with Crippen molar-refractivity contribution in [3.8, 4) is 0 Å². The molecule has 2 aliphatic rings. The van der Waals surface area contributed by atoms with Crippen molar-refractivity contribution in [1.29, 1.82) is 0 Å². The first-order chi connectivity index (χ1) is 7.81. The summed E-state index contributed by atoms with van der Waals surface area (Å²) in [5.41, 5.74) is -0.442. The van der Waals surface area contributed by atoms with E-state index in [1.54, 1.807) is 0 Å². The van der Waals surface area contributed by atoms with Crippen LogP contribution >= 0.6 is 0 Å². The fraction of sp³-hybridized carbons (Fsp3) is 0.909. The van der Waals surface area contributed by atoms with E-state index in [1.165, 1.54) is 0 Å². The van der Waals surface area contributed by atoms with Crippen LogP contribution in [-0.4, -0.2) is 26.2 Å². The minimum atomic E-state index is -4.60. The molecule has 0 aromatic rings. The highest BCUT2D eigenvalue weighted by Gasteiger charge is 2.51. The highest BCUT2D eigenvalue weighted by molar-refractivity contribution is 7.86. The molecule has 1 saturated heterocycles. The molecule has 0 aromatic heterocycles.